The zero-order chi connectivity index (χ0) is 13.7. The van der Waals surface area contributed by atoms with Gasteiger partial charge in [-0.3, -0.25) is 0 Å². The monoisotopic (exact) mass is 274 g/mol. The van der Waals surface area contributed by atoms with E-state index in [1.165, 1.54) is 0 Å². The smallest absolute Gasteiger partial charge is 0.322 e. The second-order valence-electron chi connectivity index (χ2n) is 4.41. The number of aliphatic hydroxyl groups is 1. The number of anilines is 1. The first kappa shape index (κ1) is 14.9. The second kappa shape index (κ2) is 6.70. The fourth-order valence-corrected chi connectivity index (χ4v) is 1.38. The number of nitrogens with zero attached hydrogens (tertiary/aromatic N) is 4. The molecule has 0 fully saturated rings. The van der Waals surface area contributed by atoms with Crippen LogP contribution in [0.4, 0.5) is 5.95 Å². The molecule has 0 amide bonds. The molecular weight excluding hydrogens is 256 g/mol. The molecular formula is C11H19ClN4O2. The van der Waals surface area contributed by atoms with E-state index in [0.717, 1.165) is 0 Å². The number of aromatic nitrogens is 3. The van der Waals surface area contributed by atoms with Crippen molar-refractivity contribution in [1.29, 1.82) is 0 Å². The molecule has 1 rings (SSSR count). The van der Waals surface area contributed by atoms with Gasteiger partial charge in [0.15, 0.2) is 0 Å². The molecule has 7 heteroatoms. The SMILES string of the molecule is CC(O)CCN(C)c1nc(Cl)nc(OC(C)C)n1. The lowest BCUT2D eigenvalue weighted by atomic mass is 10.3. The van der Waals surface area contributed by atoms with E-state index in [1.807, 2.05) is 20.9 Å². The Balaban J connectivity index is 2.78. The van der Waals surface area contributed by atoms with Crippen molar-refractivity contribution in [3.05, 3.63) is 5.28 Å². The van der Waals surface area contributed by atoms with Crippen LogP contribution in [0.5, 0.6) is 6.01 Å². The van der Waals surface area contributed by atoms with Crippen LogP contribution >= 0.6 is 11.6 Å². The Morgan fingerprint density at radius 2 is 1.94 bits per heavy atom. The van der Waals surface area contributed by atoms with Crippen molar-refractivity contribution in [3.8, 4) is 6.01 Å². The van der Waals surface area contributed by atoms with Crippen molar-refractivity contribution in [2.75, 3.05) is 18.5 Å². The molecule has 0 saturated heterocycles. The molecule has 0 saturated carbocycles. The minimum atomic E-state index is -0.365. The third kappa shape index (κ3) is 5.01. The van der Waals surface area contributed by atoms with Crippen LogP contribution in [-0.4, -0.2) is 45.9 Å². The summed E-state index contributed by atoms with van der Waals surface area (Å²) in [6.07, 6.45) is 0.232. The first-order valence-electron chi connectivity index (χ1n) is 5.86. The highest BCUT2D eigenvalue weighted by Crippen LogP contribution is 2.15. The van der Waals surface area contributed by atoms with E-state index in [4.69, 9.17) is 16.3 Å². The molecule has 1 unspecified atom stereocenters. The molecule has 6 nitrogen and oxygen atoms in total. The summed E-state index contributed by atoms with van der Waals surface area (Å²) in [5, 5.41) is 9.34. The second-order valence-corrected chi connectivity index (χ2v) is 4.75. The molecule has 0 bridgehead atoms. The number of hydrogen-bond donors (Lipinski definition) is 1. The first-order valence-corrected chi connectivity index (χ1v) is 6.23. The fraction of sp³-hybridized carbons (Fsp3) is 0.727. The Kier molecular flexibility index (Phi) is 5.55. The highest BCUT2D eigenvalue weighted by molar-refractivity contribution is 6.28. The van der Waals surface area contributed by atoms with Crippen molar-refractivity contribution in [2.45, 2.75) is 39.4 Å². The maximum Gasteiger partial charge on any atom is 0.322 e. The van der Waals surface area contributed by atoms with Gasteiger partial charge in [-0.1, -0.05) is 0 Å². The topological polar surface area (TPSA) is 71.4 Å². The van der Waals surface area contributed by atoms with Gasteiger partial charge in [-0.05, 0) is 38.8 Å². The van der Waals surface area contributed by atoms with Crippen LogP contribution < -0.4 is 9.64 Å². The predicted molar refractivity (Wildman–Crippen MR) is 70.2 cm³/mol. The average Bonchev–Trinajstić information content (AvgIpc) is 2.23. The fourth-order valence-electron chi connectivity index (χ4n) is 1.24. The Labute approximate surface area is 112 Å². The molecule has 1 aromatic heterocycles. The summed E-state index contributed by atoms with van der Waals surface area (Å²) < 4.78 is 5.39. The van der Waals surface area contributed by atoms with Crippen molar-refractivity contribution < 1.29 is 9.84 Å². The Hall–Kier alpha value is -1.14. The summed E-state index contributed by atoms with van der Waals surface area (Å²) in [5.41, 5.74) is 0. The maximum absolute atomic E-state index is 9.25. The minimum Gasteiger partial charge on any atom is -0.461 e. The summed E-state index contributed by atoms with van der Waals surface area (Å²) in [4.78, 5) is 13.9. The lowest BCUT2D eigenvalue weighted by molar-refractivity contribution is 0.186. The Morgan fingerprint density at radius 3 is 2.50 bits per heavy atom. The number of aliphatic hydroxyl groups excluding tert-OH is 1. The molecule has 0 aliphatic carbocycles. The quantitative estimate of drug-likeness (QED) is 0.848. The van der Waals surface area contributed by atoms with Crippen LogP contribution in [0, 0.1) is 0 Å². The molecule has 0 aromatic carbocycles. The zero-order valence-corrected chi connectivity index (χ0v) is 11.8. The number of hydrogen-bond acceptors (Lipinski definition) is 6. The number of halogens is 1. The van der Waals surface area contributed by atoms with Gasteiger partial charge in [0.25, 0.3) is 0 Å². The maximum atomic E-state index is 9.25. The van der Waals surface area contributed by atoms with E-state index in [0.29, 0.717) is 18.9 Å². The molecule has 1 N–H and O–H groups in total. The predicted octanol–water partition coefficient (Wildman–Crippen LogP) is 1.52. The molecule has 1 aromatic rings. The van der Waals surface area contributed by atoms with E-state index < -0.39 is 0 Å². The van der Waals surface area contributed by atoms with E-state index >= 15 is 0 Å². The Bertz CT molecular complexity index is 387. The summed E-state index contributed by atoms with van der Waals surface area (Å²) >= 11 is 5.82. The molecule has 0 radical (unpaired) electrons. The van der Waals surface area contributed by atoms with E-state index in [-0.39, 0.29) is 23.5 Å². The van der Waals surface area contributed by atoms with E-state index in [1.54, 1.807) is 11.8 Å². The lowest BCUT2D eigenvalue weighted by Gasteiger charge is -2.18. The van der Waals surface area contributed by atoms with Gasteiger partial charge in [-0.25, -0.2) is 0 Å². The van der Waals surface area contributed by atoms with Crippen molar-refractivity contribution in [2.24, 2.45) is 0 Å². The molecule has 0 spiro atoms. The molecule has 0 aliphatic rings. The third-order valence-corrected chi connectivity index (χ3v) is 2.31. The van der Waals surface area contributed by atoms with Crippen LogP contribution in [0.25, 0.3) is 0 Å². The van der Waals surface area contributed by atoms with Crippen LogP contribution in [0.2, 0.25) is 5.28 Å². The average molecular weight is 275 g/mol. The lowest BCUT2D eigenvalue weighted by Crippen LogP contribution is -2.24. The van der Waals surface area contributed by atoms with Crippen LogP contribution in [0.15, 0.2) is 0 Å². The van der Waals surface area contributed by atoms with Gasteiger partial charge in [-0.15, -0.1) is 0 Å². The highest BCUT2D eigenvalue weighted by Gasteiger charge is 2.11. The summed E-state index contributed by atoms with van der Waals surface area (Å²) in [5.74, 6) is 0.436. The van der Waals surface area contributed by atoms with Crippen molar-refractivity contribution in [3.63, 3.8) is 0 Å². The van der Waals surface area contributed by atoms with Gasteiger partial charge in [0.2, 0.25) is 11.2 Å². The van der Waals surface area contributed by atoms with Gasteiger partial charge >= 0.3 is 6.01 Å². The van der Waals surface area contributed by atoms with Crippen molar-refractivity contribution in [1.82, 2.24) is 15.0 Å². The zero-order valence-electron chi connectivity index (χ0n) is 11.1. The number of ether oxygens (including phenoxy) is 1. The van der Waals surface area contributed by atoms with Gasteiger partial charge < -0.3 is 14.7 Å². The largest absolute Gasteiger partial charge is 0.461 e. The minimum absolute atomic E-state index is 0.0286. The van der Waals surface area contributed by atoms with Gasteiger partial charge in [0.1, 0.15) is 0 Å². The van der Waals surface area contributed by atoms with Crippen LogP contribution in [-0.2, 0) is 0 Å². The number of rotatable bonds is 6. The molecule has 1 heterocycles. The normalized spacial score (nSPS) is 12.6. The van der Waals surface area contributed by atoms with Crippen LogP contribution in [0.1, 0.15) is 27.2 Å². The van der Waals surface area contributed by atoms with E-state index in [9.17, 15) is 5.11 Å². The Morgan fingerprint density at radius 1 is 1.28 bits per heavy atom. The first-order chi connectivity index (χ1) is 8.38. The standard InChI is InChI=1S/C11H19ClN4O2/c1-7(2)18-11-14-9(12)13-10(15-11)16(4)6-5-8(3)17/h7-8,17H,5-6H2,1-4H3. The third-order valence-electron chi connectivity index (χ3n) is 2.14. The summed E-state index contributed by atoms with van der Waals surface area (Å²) in [6, 6.07) is 0.212. The summed E-state index contributed by atoms with van der Waals surface area (Å²) in [6.45, 7) is 6.13. The van der Waals surface area contributed by atoms with Gasteiger partial charge in [0.05, 0.1) is 12.2 Å². The molecule has 1 atom stereocenters. The molecule has 18 heavy (non-hydrogen) atoms. The van der Waals surface area contributed by atoms with Crippen molar-refractivity contribution >= 4 is 17.5 Å². The van der Waals surface area contributed by atoms with Gasteiger partial charge in [0, 0.05) is 13.6 Å². The molecule has 0 aliphatic heterocycles. The highest BCUT2D eigenvalue weighted by atomic mass is 35.5. The van der Waals surface area contributed by atoms with E-state index in [2.05, 4.69) is 15.0 Å². The molecule has 102 valence electrons. The summed E-state index contributed by atoms with van der Waals surface area (Å²) in [7, 11) is 1.83. The van der Waals surface area contributed by atoms with Gasteiger partial charge in [-0.2, -0.15) is 15.0 Å². The van der Waals surface area contributed by atoms with Crippen LogP contribution in [0.3, 0.4) is 0 Å².